The number of rotatable bonds is 3. The number of fused-ring (bicyclic) bond motifs is 2. The largest absolute Gasteiger partial charge is 0.317 e. The highest BCUT2D eigenvalue weighted by atomic mass is 15.0. The van der Waals surface area contributed by atoms with Crippen molar-refractivity contribution in [1.82, 2.24) is 19.1 Å². The van der Waals surface area contributed by atoms with Crippen molar-refractivity contribution in [2.24, 2.45) is 0 Å². The molecule has 0 unspecified atom stereocenters. The molecule has 0 spiro atoms. The summed E-state index contributed by atoms with van der Waals surface area (Å²) in [4.78, 5) is 9.61. The molecule has 4 heteroatoms. The Morgan fingerprint density at radius 3 is 2.24 bits per heavy atom. The van der Waals surface area contributed by atoms with Crippen LogP contribution in [-0.4, -0.2) is 19.1 Å². The predicted octanol–water partition coefficient (Wildman–Crippen LogP) is 10.4. The van der Waals surface area contributed by atoms with Crippen molar-refractivity contribution in [2.45, 2.75) is 40.5 Å². The highest BCUT2D eigenvalue weighted by Crippen LogP contribution is 2.42. The lowest BCUT2D eigenvalue weighted by Crippen LogP contribution is -1.99. The zero-order valence-corrected chi connectivity index (χ0v) is 24.8. The monoisotopic (exact) mass is 548 g/mol. The lowest BCUT2D eigenvalue weighted by Gasteiger charge is -2.11. The molecule has 42 heavy (non-hydrogen) atoms. The molecule has 6 aromatic rings. The Balaban J connectivity index is 0.000000759. The molecular formula is C38H36N4. The fourth-order valence-corrected chi connectivity index (χ4v) is 5.95. The van der Waals surface area contributed by atoms with E-state index in [9.17, 15) is 0 Å². The van der Waals surface area contributed by atoms with Crippen LogP contribution in [0.15, 0.2) is 122 Å². The second-order valence-electron chi connectivity index (χ2n) is 9.81. The van der Waals surface area contributed by atoms with Gasteiger partial charge in [-0.05, 0) is 47.9 Å². The SMILES string of the molecule is C1=CCC=C(c2ncc(-n3c4cccc5ccc6c7ccn(C8=CCC=CC=C8)c7cc3c6c54)cn2)C=C1.CC.CC. The summed E-state index contributed by atoms with van der Waals surface area (Å²) < 4.78 is 4.63. The lowest BCUT2D eigenvalue weighted by atomic mass is 10.00. The average Bonchev–Trinajstić information content (AvgIpc) is 3.34. The lowest BCUT2D eigenvalue weighted by molar-refractivity contribution is 1.05. The van der Waals surface area contributed by atoms with E-state index >= 15 is 0 Å². The van der Waals surface area contributed by atoms with E-state index < -0.39 is 0 Å². The van der Waals surface area contributed by atoms with Crippen molar-refractivity contribution >= 4 is 54.8 Å². The number of aromatic nitrogens is 4. The Morgan fingerprint density at radius 2 is 1.43 bits per heavy atom. The smallest absolute Gasteiger partial charge is 0.158 e. The first kappa shape index (κ1) is 27.2. The summed E-state index contributed by atoms with van der Waals surface area (Å²) in [5.41, 5.74) is 6.74. The summed E-state index contributed by atoms with van der Waals surface area (Å²) >= 11 is 0. The molecule has 0 amide bonds. The predicted molar refractivity (Wildman–Crippen MR) is 181 cm³/mol. The Morgan fingerprint density at radius 1 is 0.667 bits per heavy atom. The molecular weight excluding hydrogens is 512 g/mol. The molecule has 0 atom stereocenters. The fourth-order valence-electron chi connectivity index (χ4n) is 5.95. The van der Waals surface area contributed by atoms with Crippen LogP contribution in [0.4, 0.5) is 0 Å². The summed E-state index contributed by atoms with van der Waals surface area (Å²) in [6.45, 7) is 8.00. The molecule has 0 bridgehead atoms. The number of allylic oxidation sites excluding steroid dienone is 12. The van der Waals surface area contributed by atoms with Crippen LogP contribution >= 0.6 is 0 Å². The van der Waals surface area contributed by atoms with Crippen molar-refractivity contribution < 1.29 is 0 Å². The van der Waals surface area contributed by atoms with Crippen LogP contribution in [0, 0.1) is 0 Å². The van der Waals surface area contributed by atoms with Gasteiger partial charge in [-0.1, -0.05) is 107 Å². The maximum atomic E-state index is 4.80. The Bertz CT molecular complexity index is 2050. The van der Waals surface area contributed by atoms with Gasteiger partial charge < -0.3 is 9.13 Å². The second-order valence-corrected chi connectivity index (χ2v) is 9.81. The number of benzene rings is 3. The first-order valence-corrected chi connectivity index (χ1v) is 15.1. The van der Waals surface area contributed by atoms with Gasteiger partial charge in [-0.15, -0.1) is 0 Å². The van der Waals surface area contributed by atoms with Gasteiger partial charge in [0.15, 0.2) is 5.82 Å². The van der Waals surface area contributed by atoms with Gasteiger partial charge in [-0.2, -0.15) is 0 Å². The molecule has 3 heterocycles. The number of hydrogen-bond acceptors (Lipinski definition) is 2. The minimum Gasteiger partial charge on any atom is -0.317 e. The van der Waals surface area contributed by atoms with Gasteiger partial charge in [-0.3, -0.25) is 0 Å². The molecule has 3 aromatic carbocycles. The molecule has 8 rings (SSSR count). The van der Waals surface area contributed by atoms with Crippen LogP contribution in [-0.2, 0) is 0 Å². The number of hydrogen-bond donors (Lipinski definition) is 0. The highest BCUT2D eigenvalue weighted by molar-refractivity contribution is 6.29. The summed E-state index contributed by atoms with van der Waals surface area (Å²) in [5, 5.41) is 6.36. The molecule has 0 radical (unpaired) electrons. The minimum absolute atomic E-state index is 0.749. The molecule has 2 aliphatic rings. The first-order valence-electron chi connectivity index (χ1n) is 15.1. The molecule has 0 saturated carbocycles. The second kappa shape index (κ2) is 11.9. The van der Waals surface area contributed by atoms with Crippen LogP contribution in [0.1, 0.15) is 46.4 Å². The summed E-state index contributed by atoms with van der Waals surface area (Å²) in [5.74, 6) is 0.749. The summed E-state index contributed by atoms with van der Waals surface area (Å²) in [7, 11) is 0. The van der Waals surface area contributed by atoms with E-state index in [-0.39, 0.29) is 0 Å². The van der Waals surface area contributed by atoms with Crippen LogP contribution < -0.4 is 0 Å². The first-order chi connectivity index (χ1) is 20.9. The van der Waals surface area contributed by atoms with E-state index in [1.165, 1.54) is 49.2 Å². The van der Waals surface area contributed by atoms with E-state index in [0.29, 0.717) is 0 Å². The summed E-state index contributed by atoms with van der Waals surface area (Å²) in [6.07, 6.45) is 29.3. The Labute approximate surface area is 247 Å². The van der Waals surface area contributed by atoms with Gasteiger partial charge in [0, 0.05) is 33.6 Å². The zero-order chi connectivity index (χ0) is 29.1. The summed E-state index contributed by atoms with van der Waals surface area (Å²) in [6, 6.07) is 15.7. The third kappa shape index (κ3) is 4.50. The van der Waals surface area contributed by atoms with Crippen LogP contribution in [0.2, 0.25) is 0 Å². The quantitative estimate of drug-likeness (QED) is 0.206. The molecule has 208 valence electrons. The topological polar surface area (TPSA) is 35.6 Å². The van der Waals surface area contributed by atoms with Gasteiger partial charge in [0.05, 0.1) is 34.6 Å². The maximum Gasteiger partial charge on any atom is 0.158 e. The van der Waals surface area contributed by atoms with Crippen molar-refractivity contribution in [3.63, 3.8) is 0 Å². The van der Waals surface area contributed by atoms with Crippen molar-refractivity contribution in [2.75, 3.05) is 0 Å². The number of nitrogens with zero attached hydrogens (tertiary/aromatic N) is 4. The molecule has 0 N–H and O–H groups in total. The van der Waals surface area contributed by atoms with E-state index in [4.69, 9.17) is 9.97 Å². The zero-order valence-electron chi connectivity index (χ0n) is 24.8. The third-order valence-electron chi connectivity index (χ3n) is 7.66. The van der Waals surface area contributed by atoms with E-state index in [1.54, 1.807) is 0 Å². The molecule has 0 aliphatic heterocycles. The van der Waals surface area contributed by atoms with Crippen LogP contribution in [0.3, 0.4) is 0 Å². The molecule has 2 aliphatic carbocycles. The molecule has 4 nitrogen and oxygen atoms in total. The van der Waals surface area contributed by atoms with Crippen molar-refractivity contribution in [1.29, 1.82) is 0 Å². The average molecular weight is 549 g/mol. The van der Waals surface area contributed by atoms with E-state index in [2.05, 4.69) is 112 Å². The van der Waals surface area contributed by atoms with Gasteiger partial charge >= 0.3 is 0 Å². The highest BCUT2D eigenvalue weighted by Gasteiger charge is 2.20. The molecule has 0 saturated heterocycles. The molecule has 0 fully saturated rings. The van der Waals surface area contributed by atoms with Gasteiger partial charge in [0.1, 0.15) is 0 Å². The standard InChI is InChI=1S/C34H24N4.2C2H6/c1-2-6-11-24(10-5-1)34-35-21-26(22-36-34)38-29-15-9-12-23-16-17-28-27-18-19-37(25-13-7-3-4-8-14-25)30(27)20-31(38)33(28)32(23)29;2*1-2/h1-5,7,9-22H,6,8H2;2*1-2H3. The van der Waals surface area contributed by atoms with Crippen LogP contribution in [0.5, 0.6) is 0 Å². The minimum atomic E-state index is 0.749. The van der Waals surface area contributed by atoms with E-state index in [1.807, 2.05) is 46.2 Å². The normalized spacial score (nSPS) is 14.4. The van der Waals surface area contributed by atoms with Gasteiger partial charge in [0.25, 0.3) is 0 Å². The van der Waals surface area contributed by atoms with Crippen LogP contribution in [0.25, 0.3) is 60.4 Å². The van der Waals surface area contributed by atoms with E-state index in [0.717, 1.165) is 29.9 Å². The Kier molecular flexibility index (Phi) is 7.70. The Hall–Kier alpha value is -4.96. The van der Waals surface area contributed by atoms with Gasteiger partial charge in [-0.25, -0.2) is 9.97 Å². The fraction of sp³-hybridized carbons (Fsp3) is 0.158. The van der Waals surface area contributed by atoms with Crippen molar-refractivity contribution in [3.8, 4) is 5.69 Å². The van der Waals surface area contributed by atoms with Gasteiger partial charge in [0.2, 0.25) is 0 Å². The third-order valence-corrected chi connectivity index (χ3v) is 7.66. The van der Waals surface area contributed by atoms with Crippen molar-refractivity contribution in [3.05, 3.63) is 128 Å². The maximum absolute atomic E-state index is 4.80. The molecule has 3 aromatic heterocycles.